The molecule has 3 rings (SSSR count). The maximum absolute atomic E-state index is 12.1. The number of rotatable bonds is 5. The first-order valence-electron chi connectivity index (χ1n) is 7.98. The number of anilines is 2. The molecule has 2 aromatic carbocycles. The molecule has 2 amide bonds. The first kappa shape index (κ1) is 20.4. The summed E-state index contributed by atoms with van der Waals surface area (Å²) in [7, 11) is 0. The van der Waals surface area contributed by atoms with E-state index < -0.39 is 0 Å². The molecule has 27 heavy (non-hydrogen) atoms. The molecule has 0 aliphatic rings. The van der Waals surface area contributed by atoms with E-state index in [2.05, 4.69) is 15.6 Å². The second-order valence-electron chi connectivity index (χ2n) is 5.53. The number of aromatic nitrogens is 1. The molecular weight excluding hydrogens is 382 g/mol. The first-order valence-corrected chi connectivity index (χ1v) is 8.86. The molecule has 0 unspecified atom stereocenters. The molecule has 1 aromatic heterocycles. The highest BCUT2D eigenvalue weighted by Gasteiger charge is 2.07. The van der Waals surface area contributed by atoms with E-state index in [4.69, 9.17) is 0 Å². The fourth-order valence-electron chi connectivity index (χ4n) is 2.29. The minimum Gasteiger partial charge on any atom is -0.322 e. The molecule has 1 heterocycles. The van der Waals surface area contributed by atoms with Crippen molar-refractivity contribution >= 4 is 52.5 Å². The number of thiazole rings is 1. The van der Waals surface area contributed by atoms with Crippen molar-refractivity contribution in [2.45, 2.75) is 6.92 Å². The van der Waals surface area contributed by atoms with E-state index in [0.29, 0.717) is 10.8 Å². The van der Waals surface area contributed by atoms with Gasteiger partial charge >= 0.3 is 0 Å². The summed E-state index contributed by atoms with van der Waals surface area (Å²) in [6, 6.07) is 17.1. The molecule has 0 radical (unpaired) electrons. The summed E-state index contributed by atoms with van der Waals surface area (Å²) >= 11 is 1.36. The normalized spacial score (nSPS) is 10.3. The Morgan fingerprint density at radius 2 is 1.81 bits per heavy atom. The van der Waals surface area contributed by atoms with E-state index in [-0.39, 0.29) is 24.2 Å². The van der Waals surface area contributed by atoms with E-state index in [0.717, 1.165) is 16.8 Å². The van der Waals surface area contributed by atoms with Gasteiger partial charge in [0.05, 0.1) is 5.69 Å². The van der Waals surface area contributed by atoms with Crippen LogP contribution >= 0.6 is 23.7 Å². The fraction of sp³-hybridized carbons (Fsp3) is 0.0500. The van der Waals surface area contributed by atoms with Crippen LogP contribution in [0.1, 0.15) is 12.5 Å². The minimum atomic E-state index is -0.205. The molecule has 0 saturated heterocycles. The monoisotopic (exact) mass is 399 g/mol. The largest absolute Gasteiger partial charge is 0.322 e. The van der Waals surface area contributed by atoms with Crippen LogP contribution < -0.4 is 10.6 Å². The number of hydrogen-bond acceptors (Lipinski definition) is 4. The third kappa shape index (κ3) is 6.06. The van der Waals surface area contributed by atoms with Crippen LogP contribution in [0.4, 0.5) is 10.8 Å². The molecule has 3 aromatic rings. The number of amides is 2. The number of nitrogens with one attached hydrogen (secondary N) is 2. The van der Waals surface area contributed by atoms with Gasteiger partial charge in [0.2, 0.25) is 11.8 Å². The lowest BCUT2D eigenvalue weighted by Crippen LogP contribution is -2.07. The Balaban J connectivity index is 0.00000261. The number of carbonyl (C=O) groups is 2. The minimum absolute atomic E-state index is 0. The molecule has 7 heteroatoms. The summed E-state index contributed by atoms with van der Waals surface area (Å²) in [5.41, 5.74) is 3.25. The third-order valence-corrected chi connectivity index (χ3v) is 4.20. The number of halogens is 1. The molecule has 2 N–H and O–H groups in total. The van der Waals surface area contributed by atoms with E-state index in [1.807, 2.05) is 60.0 Å². The lowest BCUT2D eigenvalue weighted by Gasteiger charge is -2.04. The summed E-state index contributed by atoms with van der Waals surface area (Å²) in [5.74, 6) is -0.361. The summed E-state index contributed by atoms with van der Waals surface area (Å²) in [4.78, 5) is 27.6. The Morgan fingerprint density at radius 3 is 2.56 bits per heavy atom. The van der Waals surface area contributed by atoms with Gasteiger partial charge in [-0.05, 0) is 23.8 Å². The molecule has 0 atom stereocenters. The molecule has 0 spiro atoms. The topological polar surface area (TPSA) is 71.1 Å². The Morgan fingerprint density at radius 1 is 1.04 bits per heavy atom. The molecule has 0 saturated carbocycles. The van der Waals surface area contributed by atoms with Gasteiger partial charge in [0, 0.05) is 29.6 Å². The van der Waals surface area contributed by atoms with Gasteiger partial charge in [-0.3, -0.25) is 9.59 Å². The average Bonchev–Trinajstić information content (AvgIpc) is 3.09. The van der Waals surface area contributed by atoms with E-state index in [9.17, 15) is 9.59 Å². The molecule has 138 valence electrons. The van der Waals surface area contributed by atoms with Gasteiger partial charge < -0.3 is 10.6 Å². The standard InChI is InChI=1S/C20H17N3O2S.ClH/c1-14(24)21-20-23-18(13-26-20)16-8-5-9-17(12-16)22-19(25)11-10-15-6-3-2-4-7-15;/h2-13H,1H3,(H,22,25)(H,21,23,24);1H/b11-10+;. The van der Waals surface area contributed by atoms with E-state index >= 15 is 0 Å². The summed E-state index contributed by atoms with van der Waals surface area (Å²) in [6.07, 6.45) is 3.26. The van der Waals surface area contributed by atoms with Crippen LogP contribution in [-0.4, -0.2) is 16.8 Å². The summed E-state index contributed by atoms with van der Waals surface area (Å²) in [5, 5.41) is 7.92. The van der Waals surface area contributed by atoms with Gasteiger partial charge in [-0.25, -0.2) is 4.98 Å². The van der Waals surface area contributed by atoms with Gasteiger partial charge in [-0.15, -0.1) is 23.7 Å². The van der Waals surface area contributed by atoms with E-state index in [1.54, 1.807) is 6.08 Å². The van der Waals surface area contributed by atoms with Crippen molar-refractivity contribution in [3.63, 3.8) is 0 Å². The van der Waals surface area contributed by atoms with Crippen LogP contribution in [0.15, 0.2) is 66.1 Å². The first-order chi connectivity index (χ1) is 12.6. The molecule has 0 aliphatic carbocycles. The van der Waals surface area contributed by atoms with Crippen molar-refractivity contribution in [3.8, 4) is 11.3 Å². The maximum atomic E-state index is 12.1. The average molecular weight is 400 g/mol. The number of nitrogens with zero attached hydrogens (tertiary/aromatic N) is 1. The summed E-state index contributed by atoms with van der Waals surface area (Å²) in [6.45, 7) is 1.44. The number of hydrogen-bond donors (Lipinski definition) is 2. The third-order valence-electron chi connectivity index (χ3n) is 3.44. The highest BCUT2D eigenvalue weighted by atomic mass is 35.5. The van der Waals surface area contributed by atoms with Crippen LogP contribution in [0.5, 0.6) is 0 Å². The second kappa shape index (κ2) is 9.66. The maximum Gasteiger partial charge on any atom is 0.248 e. The Kier molecular flexibility index (Phi) is 7.28. The van der Waals surface area contributed by atoms with Crippen molar-refractivity contribution in [1.29, 1.82) is 0 Å². The molecule has 0 aliphatic heterocycles. The van der Waals surface area contributed by atoms with Crippen molar-refractivity contribution in [1.82, 2.24) is 4.98 Å². The van der Waals surface area contributed by atoms with E-state index in [1.165, 1.54) is 24.3 Å². The van der Waals surface area contributed by atoms with Gasteiger partial charge in [-0.2, -0.15) is 0 Å². The molecule has 5 nitrogen and oxygen atoms in total. The van der Waals surface area contributed by atoms with Crippen molar-refractivity contribution < 1.29 is 9.59 Å². The Bertz CT molecular complexity index is 955. The number of carbonyl (C=O) groups excluding carboxylic acids is 2. The van der Waals surface area contributed by atoms with Crippen molar-refractivity contribution in [2.24, 2.45) is 0 Å². The molecule has 0 fully saturated rings. The quantitative estimate of drug-likeness (QED) is 0.603. The van der Waals surface area contributed by atoms with Crippen LogP contribution in [0.2, 0.25) is 0 Å². The Labute approximate surface area is 167 Å². The lowest BCUT2D eigenvalue weighted by atomic mass is 10.1. The van der Waals surface area contributed by atoms with Crippen LogP contribution in [0.3, 0.4) is 0 Å². The zero-order valence-corrected chi connectivity index (χ0v) is 16.1. The van der Waals surface area contributed by atoms with Gasteiger partial charge in [0.15, 0.2) is 5.13 Å². The van der Waals surface area contributed by atoms with Gasteiger partial charge in [0.1, 0.15) is 0 Å². The second-order valence-corrected chi connectivity index (χ2v) is 6.39. The van der Waals surface area contributed by atoms with Crippen LogP contribution in [0.25, 0.3) is 17.3 Å². The Hall–Kier alpha value is -2.96. The predicted molar refractivity (Wildman–Crippen MR) is 113 cm³/mol. The van der Waals surface area contributed by atoms with Gasteiger partial charge in [-0.1, -0.05) is 42.5 Å². The van der Waals surface area contributed by atoms with Crippen LogP contribution in [0, 0.1) is 0 Å². The SMILES string of the molecule is CC(=O)Nc1nc(-c2cccc(NC(=O)/C=C/c3ccccc3)c2)cs1.Cl. The molecular formula is C20H18ClN3O2S. The highest BCUT2D eigenvalue weighted by molar-refractivity contribution is 7.14. The van der Waals surface area contributed by atoms with Gasteiger partial charge in [0.25, 0.3) is 0 Å². The fourth-order valence-corrected chi connectivity index (χ4v) is 3.06. The zero-order chi connectivity index (χ0) is 18.4. The van der Waals surface area contributed by atoms with Crippen molar-refractivity contribution in [3.05, 3.63) is 71.6 Å². The smallest absolute Gasteiger partial charge is 0.248 e. The van der Waals surface area contributed by atoms with Crippen molar-refractivity contribution in [2.75, 3.05) is 10.6 Å². The van der Waals surface area contributed by atoms with Crippen LogP contribution in [-0.2, 0) is 9.59 Å². The summed E-state index contributed by atoms with van der Waals surface area (Å²) < 4.78 is 0. The lowest BCUT2D eigenvalue weighted by molar-refractivity contribution is -0.114. The number of benzene rings is 2. The predicted octanol–water partition coefficient (Wildman–Crippen LogP) is 4.84. The zero-order valence-electron chi connectivity index (χ0n) is 14.5. The molecule has 0 bridgehead atoms. The highest BCUT2D eigenvalue weighted by Crippen LogP contribution is 2.26.